The minimum absolute atomic E-state index is 0.215. The smallest absolute Gasteiger partial charge is 0.169 e. The van der Waals surface area contributed by atoms with Crippen LogP contribution in [0.25, 0.3) is 5.57 Å². The van der Waals surface area contributed by atoms with E-state index in [0.717, 1.165) is 49.2 Å². The second kappa shape index (κ2) is 10.3. The van der Waals surface area contributed by atoms with E-state index in [4.69, 9.17) is 17.0 Å². The monoisotopic (exact) mass is 439 g/mol. The van der Waals surface area contributed by atoms with Gasteiger partial charge in [0.2, 0.25) is 0 Å². The third-order valence-electron chi connectivity index (χ3n) is 5.65. The van der Waals surface area contributed by atoms with Crippen molar-refractivity contribution in [3.63, 3.8) is 0 Å². The highest BCUT2D eigenvalue weighted by molar-refractivity contribution is 7.99. The van der Waals surface area contributed by atoms with Crippen LogP contribution in [0, 0.1) is 0 Å². The van der Waals surface area contributed by atoms with Gasteiger partial charge in [0.1, 0.15) is 17.7 Å². The molecule has 1 unspecified atom stereocenters. The van der Waals surface area contributed by atoms with E-state index in [1.165, 1.54) is 16.7 Å². The third kappa shape index (κ3) is 4.99. The molecule has 1 saturated heterocycles. The van der Waals surface area contributed by atoms with Crippen molar-refractivity contribution in [2.45, 2.75) is 11.8 Å². The number of nitrogens with one attached hydrogen (secondary N) is 1. The van der Waals surface area contributed by atoms with E-state index in [-0.39, 0.29) is 5.37 Å². The van der Waals surface area contributed by atoms with Gasteiger partial charge in [-0.1, -0.05) is 54.6 Å². The zero-order valence-corrected chi connectivity index (χ0v) is 19.1. The summed E-state index contributed by atoms with van der Waals surface area (Å²) in [4.78, 5) is 4.71. The minimum Gasteiger partial charge on any atom is -0.492 e. The molecule has 2 heterocycles. The largest absolute Gasteiger partial charge is 0.492 e. The van der Waals surface area contributed by atoms with Crippen molar-refractivity contribution in [2.75, 3.05) is 45.6 Å². The number of para-hydroxylation sites is 1. The van der Waals surface area contributed by atoms with Crippen LogP contribution in [0.1, 0.15) is 22.9 Å². The molecule has 2 aliphatic rings. The van der Waals surface area contributed by atoms with Crippen molar-refractivity contribution >= 4 is 34.7 Å². The molecule has 0 radical (unpaired) electrons. The third-order valence-corrected chi connectivity index (χ3v) is 7.33. The zero-order valence-electron chi connectivity index (χ0n) is 17.4. The Hall–Kier alpha value is -2.02. The molecule has 6 heteroatoms. The van der Waals surface area contributed by atoms with Gasteiger partial charge in [0.15, 0.2) is 5.11 Å². The van der Waals surface area contributed by atoms with E-state index in [1.54, 1.807) is 0 Å². The quantitative estimate of drug-likeness (QED) is 0.671. The van der Waals surface area contributed by atoms with Crippen LogP contribution in [0.15, 0.2) is 60.7 Å². The number of thiocarbonyl (C=S) groups is 1. The van der Waals surface area contributed by atoms with Crippen LogP contribution < -0.4 is 10.1 Å². The second-order valence-electron chi connectivity index (χ2n) is 7.50. The van der Waals surface area contributed by atoms with Gasteiger partial charge < -0.3 is 15.0 Å². The number of benzene rings is 2. The summed E-state index contributed by atoms with van der Waals surface area (Å²) >= 11 is 7.42. The highest BCUT2D eigenvalue weighted by Gasteiger charge is 2.30. The van der Waals surface area contributed by atoms with Gasteiger partial charge in [0.05, 0.1) is 0 Å². The van der Waals surface area contributed by atoms with Crippen LogP contribution in [0.4, 0.5) is 0 Å². The first-order valence-corrected chi connectivity index (χ1v) is 12.0. The van der Waals surface area contributed by atoms with Gasteiger partial charge in [-0.3, -0.25) is 4.90 Å². The lowest BCUT2D eigenvalue weighted by atomic mass is 10.00. The molecular formula is C24H29N3OS2. The first-order valence-electron chi connectivity index (χ1n) is 10.5. The fourth-order valence-corrected chi connectivity index (χ4v) is 5.56. The first-order chi connectivity index (χ1) is 14.8. The van der Waals surface area contributed by atoms with E-state index < -0.39 is 0 Å². The molecule has 0 aromatic heterocycles. The summed E-state index contributed by atoms with van der Waals surface area (Å²) < 4.78 is 6.26. The van der Waals surface area contributed by atoms with Crippen LogP contribution in [0.3, 0.4) is 0 Å². The fraction of sp³-hybridized carbons (Fsp3) is 0.375. The molecule has 0 aliphatic carbocycles. The lowest BCUT2D eigenvalue weighted by Crippen LogP contribution is -2.37. The highest BCUT2D eigenvalue weighted by Crippen LogP contribution is 2.41. The maximum absolute atomic E-state index is 6.26. The van der Waals surface area contributed by atoms with E-state index in [9.17, 15) is 0 Å². The Kier molecular flexibility index (Phi) is 7.31. The highest BCUT2D eigenvalue weighted by atomic mass is 32.2. The molecule has 30 heavy (non-hydrogen) atoms. The van der Waals surface area contributed by atoms with Crippen LogP contribution in [-0.4, -0.2) is 60.5 Å². The number of rotatable bonds is 6. The molecule has 0 amide bonds. The Labute approximate surface area is 189 Å². The Bertz CT molecular complexity index is 887. The number of ether oxygens (including phenoxy) is 1. The topological polar surface area (TPSA) is 27.7 Å². The standard InChI is InChI=1S/C24H29N3OS2/c1-25-24(29)27-16-18-30-23(27)21-9-5-6-10-22(21)28-17-15-26-13-11-20(12-14-26)19-7-3-2-4-8-19/h2-11,23H,12-18H2,1H3,(H,25,29). The van der Waals surface area contributed by atoms with Crippen molar-refractivity contribution in [3.8, 4) is 5.75 Å². The van der Waals surface area contributed by atoms with E-state index in [1.807, 2.05) is 18.8 Å². The van der Waals surface area contributed by atoms with Gasteiger partial charge in [0.25, 0.3) is 0 Å². The van der Waals surface area contributed by atoms with Crippen molar-refractivity contribution in [2.24, 2.45) is 0 Å². The molecule has 158 valence electrons. The average molecular weight is 440 g/mol. The maximum atomic E-state index is 6.26. The summed E-state index contributed by atoms with van der Waals surface area (Å²) in [5.74, 6) is 2.04. The molecule has 1 fully saturated rings. The minimum atomic E-state index is 0.215. The Balaban J connectivity index is 1.33. The number of nitrogens with zero attached hydrogens (tertiary/aromatic N) is 2. The lowest BCUT2D eigenvalue weighted by molar-refractivity contribution is 0.220. The molecular weight excluding hydrogens is 410 g/mol. The maximum Gasteiger partial charge on any atom is 0.169 e. The summed E-state index contributed by atoms with van der Waals surface area (Å²) in [6, 6.07) is 19.1. The predicted octanol–water partition coefficient (Wildman–Crippen LogP) is 4.41. The van der Waals surface area contributed by atoms with Gasteiger partial charge >= 0.3 is 0 Å². The number of hydrogen-bond donors (Lipinski definition) is 1. The van der Waals surface area contributed by atoms with Crippen LogP contribution in [0.2, 0.25) is 0 Å². The molecule has 2 aliphatic heterocycles. The number of thioether (sulfide) groups is 1. The fourth-order valence-electron chi connectivity index (χ4n) is 4.01. The second-order valence-corrected chi connectivity index (χ2v) is 9.08. The van der Waals surface area contributed by atoms with Crippen LogP contribution >= 0.6 is 24.0 Å². The van der Waals surface area contributed by atoms with E-state index >= 15 is 0 Å². The summed E-state index contributed by atoms with van der Waals surface area (Å²) in [5, 5.41) is 4.13. The molecule has 0 saturated carbocycles. The van der Waals surface area contributed by atoms with Crippen molar-refractivity contribution in [1.29, 1.82) is 0 Å². The molecule has 2 aromatic carbocycles. The van der Waals surface area contributed by atoms with Crippen LogP contribution in [0.5, 0.6) is 5.75 Å². The SMILES string of the molecule is CNC(=S)N1CCSC1c1ccccc1OCCN1CC=C(c2ccccc2)CC1. The van der Waals surface area contributed by atoms with Gasteiger partial charge in [-0.2, -0.15) is 0 Å². The zero-order chi connectivity index (χ0) is 20.8. The summed E-state index contributed by atoms with van der Waals surface area (Å²) in [5.41, 5.74) is 4.01. The molecule has 0 spiro atoms. The first kappa shape index (κ1) is 21.2. The van der Waals surface area contributed by atoms with Gasteiger partial charge in [-0.25, -0.2) is 0 Å². The summed E-state index contributed by atoms with van der Waals surface area (Å²) in [6.45, 7) is 4.66. The lowest BCUT2D eigenvalue weighted by Gasteiger charge is -2.28. The van der Waals surface area contributed by atoms with Crippen molar-refractivity contribution < 1.29 is 4.74 Å². The Morgan fingerprint density at radius 3 is 2.70 bits per heavy atom. The van der Waals surface area contributed by atoms with Crippen molar-refractivity contribution in [3.05, 3.63) is 71.8 Å². The van der Waals surface area contributed by atoms with Gasteiger partial charge in [0, 0.05) is 44.5 Å². The van der Waals surface area contributed by atoms with E-state index in [2.05, 4.69) is 75.8 Å². The normalized spacial score (nSPS) is 19.4. The molecule has 4 rings (SSSR count). The predicted molar refractivity (Wildman–Crippen MR) is 131 cm³/mol. The Morgan fingerprint density at radius 1 is 1.13 bits per heavy atom. The molecule has 1 atom stereocenters. The van der Waals surface area contributed by atoms with Crippen LogP contribution in [-0.2, 0) is 0 Å². The summed E-state index contributed by atoms with van der Waals surface area (Å²) in [6.07, 6.45) is 3.45. The average Bonchev–Trinajstić information content (AvgIpc) is 3.30. The van der Waals surface area contributed by atoms with Gasteiger partial charge in [-0.15, -0.1) is 11.8 Å². The number of hydrogen-bond acceptors (Lipinski definition) is 4. The Morgan fingerprint density at radius 2 is 1.93 bits per heavy atom. The van der Waals surface area contributed by atoms with E-state index in [0.29, 0.717) is 6.61 Å². The molecule has 1 N–H and O–H groups in total. The molecule has 2 aromatic rings. The molecule has 0 bridgehead atoms. The van der Waals surface area contributed by atoms with Crippen molar-refractivity contribution in [1.82, 2.24) is 15.1 Å². The summed E-state index contributed by atoms with van der Waals surface area (Å²) in [7, 11) is 1.89. The molecule has 4 nitrogen and oxygen atoms in total. The van der Waals surface area contributed by atoms with Gasteiger partial charge in [-0.05, 0) is 35.8 Å².